The summed E-state index contributed by atoms with van der Waals surface area (Å²) in [4.78, 5) is 26.4. The van der Waals surface area contributed by atoms with E-state index in [4.69, 9.17) is 15.2 Å². The van der Waals surface area contributed by atoms with Gasteiger partial charge in [-0.25, -0.2) is 4.79 Å². The van der Waals surface area contributed by atoms with Gasteiger partial charge in [-0.05, 0) is 22.9 Å². The second-order valence-corrected chi connectivity index (χ2v) is 7.58. The zero-order valence-electron chi connectivity index (χ0n) is 14.8. The summed E-state index contributed by atoms with van der Waals surface area (Å²) < 4.78 is 10.7. The van der Waals surface area contributed by atoms with Gasteiger partial charge < -0.3 is 15.2 Å². The minimum Gasteiger partial charge on any atom is -0.465 e. The Bertz CT molecular complexity index is 944. The molecule has 2 N–H and O–H groups in total. The van der Waals surface area contributed by atoms with Gasteiger partial charge in [-0.1, -0.05) is 36.4 Å². The fourth-order valence-electron chi connectivity index (χ4n) is 3.82. The first-order chi connectivity index (χ1) is 13.1. The molecule has 5 nitrogen and oxygen atoms in total. The minimum atomic E-state index is -0.574. The van der Waals surface area contributed by atoms with Crippen molar-refractivity contribution in [3.63, 3.8) is 0 Å². The Morgan fingerprint density at radius 3 is 2.63 bits per heavy atom. The van der Waals surface area contributed by atoms with Crippen molar-refractivity contribution in [2.75, 3.05) is 7.11 Å². The van der Waals surface area contributed by atoms with E-state index in [1.54, 1.807) is 0 Å². The van der Waals surface area contributed by atoms with Crippen LogP contribution in [0.1, 0.15) is 35.1 Å². The number of hydrogen-bond acceptors (Lipinski definition) is 6. The van der Waals surface area contributed by atoms with Crippen LogP contribution in [-0.2, 0) is 19.1 Å². The average Bonchev–Trinajstić information content (AvgIpc) is 3.21. The van der Waals surface area contributed by atoms with Crippen molar-refractivity contribution < 1.29 is 19.1 Å². The molecule has 2 heterocycles. The second-order valence-electron chi connectivity index (χ2n) is 6.60. The van der Waals surface area contributed by atoms with E-state index < -0.39 is 11.9 Å². The average molecular weight is 381 g/mol. The number of ether oxygens (including phenoxy) is 2. The molecule has 0 radical (unpaired) electrons. The second kappa shape index (κ2) is 7.04. The predicted molar refractivity (Wildman–Crippen MR) is 102 cm³/mol. The van der Waals surface area contributed by atoms with Crippen molar-refractivity contribution in [1.82, 2.24) is 0 Å². The van der Waals surface area contributed by atoms with Gasteiger partial charge in [0.2, 0.25) is 5.88 Å². The number of carbonyl (C=O) groups is 2. The summed E-state index contributed by atoms with van der Waals surface area (Å²) in [5.74, 6) is -0.517. The summed E-state index contributed by atoms with van der Waals surface area (Å²) in [5, 5.41) is 1.91. The lowest BCUT2D eigenvalue weighted by Crippen LogP contribution is -2.32. The van der Waals surface area contributed by atoms with Gasteiger partial charge in [0.15, 0.2) is 5.78 Å². The highest BCUT2D eigenvalue weighted by atomic mass is 32.1. The largest absolute Gasteiger partial charge is 0.465 e. The molecule has 6 heteroatoms. The van der Waals surface area contributed by atoms with Gasteiger partial charge in [-0.2, -0.15) is 0 Å². The molecule has 0 amide bonds. The van der Waals surface area contributed by atoms with Gasteiger partial charge in [-0.15, -0.1) is 11.3 Å². The smallest absolute Gasteiger partial charge is 0.340 e. The number of esters is 1. The number of carbonyl (C=O) groups excluding carboxylic acids is 2. The Balaban J connectivity index is 1.79. The van der Waals surface area contributed by atoms with Crippen molar-refractivity contribution >= 4 is 23.1 Å². The molecule has 0 saturated carbocycles. The maximum Gasteiger partial charge on any atom is 0.340 e. The summed E-state index contributed by atoms with van der Waals surface area (Å²) >= 11 is 1.48. The third-order valence-corrected chi connectivity index (χ3v) is 5.98. The molecule has 4 rings (SSSR count). The van der Waals surface area contributed by atoms with Crippen molar-refractivity contribution in [2.45, 2.75) is 24.7 Å². The van der Waals surface area contributed by atoms with Gasteiger partial charge in [0.1, 0.15) is 11.3 Å². The van der Waals surface area contributed by atoms with Crippen LogP contribution in [0.15, 0.2) is 70.6 Å². The van der Waals surface area contributed by atoms with Crippen LogP contribution in [-0.4, -0.2) is 18.9 Å². The van der Waals surface area contributed by atoms with Crippen LogP contribution < -0.4 is 5.73 Å². The third-order valence-electron chi connectivity index (χ3n) is 5.04. The summed E-state index contributed by atoms with van der Waals surface area (Å²) in [5.41, 5.74) is 7.92. The van der Waals surface area contributed by atoms with Crippen LogP contribution in [0.2, 0.25) is 0 Å². The molecule has 2 atom stereocenters. The molecule has 0 bridgehead atoms. The van der Waals surface area contributed by atoms with Gasteiger partial charge in [-0.3, -0.25) is 4.79 Å². The van der Waals surface area contributed by atoms with Gasteiger partial charge in [0.25, 0.3) is 0 Å². The normalized spacial score (nSPS) is 22.3. The van der Waals surface area contributed by atoms with Crippen molar-refractivity contribution in [3.8, 4) is 0 Å². The molecular formula is C21H19NO4S. The molecule has 0 unspecified atom stereocenters. The molecule has 1 aromatic heterocycles. The summed E-state index contributed by atoms with van der Waals surface area (Å²) in [6.07, 6.45) is 0.949. The number of benzene rings is 1. The van der Waals surface area contributed by atoms with E-state index in [1.165, 1.54) is 18.4 Å². The SMILES string of the molecule is COC(=O)C1=C(N)OC2=C(C(=O)C[C@H](c3ccccc3)C2)[C@@H]1c1cccs1. The number of Topliss-reactive ketones (excluding diaryl/α,β-unsaturated/α-hetero) is 1. The van der Waals surface area contributed by atoms with E-state index in [9.17, 15) is 9.59 Å². The van der Waals surface area contributed by atoms with E-state index in [1.807, 2.05) is 47.8 Å². The molecule has 1 aromatic carbocycles. The Morgan fingerprint density at radius 1 is 1.19 bits per heavy atom. The van der Waals surface area contributed by atoms with Crippen LogP contribution in [0.4, 0.5) is 0 Å². The molecule has 2 aromatic rings. The Hall–Kier alpha value is -2.86. The number of hydrogen-bond donors (Lipinski definition) is 1. The molecule has 0 spiro atoms. The lowest BCUT2D eigenvalue weighted by atomic mass is 9.75. The molecular weight excluding hydrogens is 362 g/mol. The Labute approximate surface area is 161 Å². The standard InChI is InChI=1S/C21H19NO4S/c1-25-21(24)19-18(16-8-5-9-27-16)17-14(23)10-13(11-15(17)26-20(19)22)12-6-3-2-4-7-12/h2-9,13,18H,10-11,22H2,1H3/t13-,18-/m0/s1. The highest BCUT2D eigenvalue weighted by molar-refractivity contribution is 7.10. The zero-order chi connectivity index (χ0) is 19.0. The number of methoxy groups -OCH3 is 1. The van der Waals surface area contributed by atoms with Crippen LogP contribution >= 0.6 is 11.3 Å². The first-order valence-corrected chi connectivity index (χ1v) is 9.58. The lowest BCUT2D eigenvalue weighted by molar-refractivity contribution is -0.136. The number of rotatable bonds is 3. The number of ketones is 1. The Morgan fingerprint density at radius 2 is 1.96 bits per heavy atom. The van der Waals surface area contributed by atoms with Gasteiger partial charge in [0, 0.05) is 23.3 Å². The van der Waals surface area contributed by atoms with E-state index in [0.717, 1.165) is 10.4 Å². The van der Waals surface area contributed by atoms with Gasteiger partial charge in [0.05, 0.1) is 13.0 Å². The molecule has 2 aliphatic rings. The van der Waals surface area contributed by atoms with Crippen LogP contribution in [0.5, 0.6) is 0 Å². The number of thiophene rings is 1. The van der Waals surface area contributed by atoms with Crippen LogP contribution in [0, 0.1) is 0 Å². The van der Waals surface area contributed by atoms with Crippen molar-refractivity contribution in [2.24, 2.45) is 5.73 Å². The molecule has 0 saturated heterocycles. The highest BCUT2D eigenvalue weighted by Gasteiger charge is 2.43. The van der Waals surface area contributed by atoms with Crippen LogP contribution in [0.3, 0.4) is 0 Å². The van der Waals surface area contributed by atoms with Crippen LogP contribution in [0.25, 0.3) is 0 Å². The summed E-state index contributed by atoms with van der Waals surface area (Å²) in [6, 6.07) is 13.7. The van der Waals surface area contributed by atoms with E-state index in [0.29, 0.717) is 24.2 Å². The maximum absolute atomic E-state index is 13.1. The first-order valence-electron chi connectivity index (χ1n) is 8.70. The molecule has 1 aliphatic carbocycles. The van der Waals surface area contributed by atoms with E-state index in [-0.39, 0.29) is 23.2 Å². The fraction of sp³-hybridized carbons (Fsp3) is 0.238. The third kappa shape index (κ3) is 3.06. The predicted octanol–water partition coefficient (Wildman–Crippen LogP) is 3.61. The highest BCUT2D eigenvalue weighted by Crippen LogP contribution is 2.47. The minimum absolute atomic E-state index is 0.0144. The van der Waals surface area contributed by atoms with Crippen molar-refractivity contribution in [1.29, 1.82) is 0 Å². The first kappa shape index (κ1) is 17.5. The summed E-state index contributed by atoms with van der Waals surface area (Å²) in [6.45, 7) is 0. The monoisotopic (exact) mass is 381 g/mol. The van der Waals surface area contributed by atoms with E-state index in [2.05, 4.69) is 0 Å². The quantitative estimate of drug-likeness (QED) is 0.822. The van der Waals surface area contributed by atoms with E-state index >= 15 is 0 Å². The fourth-order valence-corrected chi connectivity index (χ4v) is 4.66. The molecule has 27 heavy (non-hydrogen) atoms. The molecule has 138 valence electrons. The molecule has 0 fully saturated rings. The van der Waals surface area contributed by atoms with Crippen molar-refractivity contribution in [3.05, 3.63) is 81.1 Å². The number of allylic oxidation sites excluding steroid dienone is 2. The van der Waals surface area contributed by atoms with Gasteiger partial charge >= 0.3 is 5.97 Å². The Kier molecular flexibility index (Phi) is 4.58. The molecule has 1 aliphatic heterocycles. The number of nitrogens with two attached hydrogens (primary N) is 1. The zero-order valence-corrected chi connectivity index (χ0v) is 15.6. The summed E-state index contributed by atoms with van der Waals surface area (Å²) in [7, 11) is 1.30. The maximum atomic E-state index is 13.1. The lowest BCUT2D eigenvalue weighted by Gasteiger charge is -2.34. The topological polar surface area (TPSA) is 78.6 Å².